The van der Waals surface area contributed by atoms with Crippen LogP contribution in [0.3, 0.4) is 0 Å². The molecule has 0 atom stereocenters. The SMILES string of the molecule is COc1cc2c(cc1-c1cn[nH]c1)-c1c(-c3cccs3)cc(C(=O)N(C)C(C)(C)C)n1CC2. The van der Waals surface area contributed by atoms with E-state index in [2.05, 4.69) is 71.2 Å². The fraction of sp³-hybridized carbons (Fsp3) is 0.308. The molecule has 4 heterocycles. The molecule has 0 spiro atoms. The highest BCUT2D eigenvalue weighted by Crippen LogP contribution is 2.45. The molecule has 1 aliphatic heterocycles. The van der Waals surface area contributed by atoms with Gasteiger partial charge in [0, 0.05) is 52.5 Å². The van der Waals surface area contributed by atoms with Gasteiger partial charge in [-0.2, -0.15) is 5.10 Å². The van der Waals surface area contributed by atoms with Crippen molar-refractivity contribution < 1.29 is 9.53 Å². The minimum absolute atomic E-state index is 0.0403. The number of H-pyrrole nitrogens is 1. The van der Waals surface area contributed by atoms with Crippen molar-refractivity contribution in [3.05, 3.63) is 59.4 Å². The summed E-state index contributed by atoms with van der Waals surface area (Å²) in [4.78, 5) is 16.6. The highest BCUT2D eigenvalue weighted by molar-refractivity contribution is 7.13. The topological polar surface area (TPSA) is 63.1 Å². The Kier molecular flexibility index (Phi) is 5.16. The van der Waals surface area contributed by atoms with Crippen LogP contribution in [-0.4, -0.2) is 45.3 Å². The third-order valence-corrected chi connectivity index (χ3v) is 7.41. The zero-order valence-electron chi connectivity index (χ0n) is 19.6. The molecule has 1 N–H and O–H groups in total. The van der Waals surface area contributed by atoms with Gasteiger partial charge in [-0.15, -0.1) is 11.3 Å². The van der Waals surface area contributed by atoms with Crippen LogP contribution in [-0.2, 0) is 13.0 Å². The van der Waals surface area contributed by atoms with Gasteiger partial charge in [0.15, 0.2) is 0 Å². The first-order valence-corrected chi connectivity index (χ1v) is 11.9. The van der Waals surface area contributed by atoms with Crippen LogP contribution in [0.2, 0.25) is 0 Å². The Hall–Kier alpha value is -3.32. The van der Waals surface area contributed by atoms with Crippen molar-refractivity contribution in [3.63, 3.8) is 0 Å². The molecule has 7 heteroatoms. The molecule has 170 valence electrons. The number of hydrogen-bond acceptors (Lipinski definition) is 4. The van der Waals surface area contributed by atoms with Gasteiger partial charge in [0.1, 0.15) is 11.4 Å². The number of hydrogen-bond donors (Lipinski definition) is 1. The van der Waals surface area contributed by atoms with Gasteiger partial charge in [0.25, 0.3) is 5.91 Å². The molecule has 0 unspecified atom stereocenters. The third-order valence-electron chi connectivity index (χ3n) is 6.51. The lowest BCUT2D eigenvalue weighted by atomic mass is 9.92. The smallest absolute Gasteiger partial charge is 0.270 e. The maximum absolute atomic E-state index is 13.6. The lowest BCUT2D eigenvalue weighted by Gasteiger charge is -2.32. The summed E-state index contributed by atoms with van der Waals surface area (Å²) < 4.78 is 7.93. The molecule has 0 aliphatic carbocycles. The summed E-state index contributed by atoms with van der Waals surface area (Å²) in [6.45, 7) is 6.93. The number of aryl methyl sites for hydroxylation is 1. The van der Waals surface area contributed by atoms with E-state index in [1.807, 2.05) is 18.1 Å². The number of methoxy groups -OCH3 is 1. The minimum Gasteiger partial charge on any atom is -0.496 e. The van der Waals surface area contributed by atoms with E-state index in [9.17, 15) is 4.79 Å². The van der Waals surface area contributed by atoms with Crippen LogP contribution in [0.5, 0.6) is 5.75 Å². The number of carbonyl (C=O) groups is 1. The summed E-state index contributed by atoms with van der Waals surface area (Å²) in [7, 11) is 3.58. The fourth-order valence-corrected chi connectivity index (χ4v) is 5.16. The second kappa shape index (κ2) is 7.92. The molecular weight excluding hydrogens is 432 g/mol. The molecule has 1 aliphatic rings. The van der Waals surface area contributed by atoms with Crippen LogP contribution in [0, 0.1) is 0 Å². The van der Waals surface area contributed by atoms with Crippen molar-refractivity contribution >= 4 is 17.2 Å². The second-order valence-corrected chi connectivity index (χ2v) is 10.4. The predicted molar refractivity (Wildman–Crippen MR) is 133 cm³/mol. The van der Waals surface area contributed by atoms with Gasteiger partial charge in [-0.1, -0.05) is 6.07 Å². The highest BCUT2D eigenvalue weighted by atomic mass is 32.1. The average molecular weight is 461 g/mol. The van der Waals surface area contributed by atoms with Crippen molar-refractivity contribution in [1.29, 1.82) is 0 Å². The largest absolute Gasteiger partial charge is 0.496 e. The molecule has 0 radical (unpaired) electrons. The molecule has 0 saturated heterocycles. The fourth-order valence-electron chi connectivity index (χ4n) is 4.42. The van der Waals surface area contributed by atoms with E-state index >= 15 is 0 Å². The molecule has 1 amide bonds. The van der Waals surface area contributed by atoms with Crippen LogP contribution in [0.25, 0.3) is 32.8 Å². The van der Waals surface area contributed by atoms with E-state index in [1.165, 1.54) is 5.56 Å². The number of nitrogens with one attached hydrogen (secondary N) is 1. The highest BCUT2D eigenvalue weighted by Gasteiger charge is 2.32. The summed E-state index contributed by atoms with van der Waals surface area (Å²) in [6, 6.07) is 10.6. The number of fused-ring (bicyclic) bond motifs is 3. The standard InChI is InChI=1S/C26H28N4O2S/c1-26(2,3)29(4)25(31)21-13-20(23-7-6-10-33-23)24-19-12-18(17-14-27-28-15-17)22(32-5)11-16(19)8-9-30(21)24/h6-7,10-15H,8-9H2,1-5H3,(H,27,28). The Morgan fingerprint density at radius 1 is 1.21 bits per heavy atom. The van der Waals surface area contributed by atoms with E-state index < -0.39 is 0 Å². The normalized spacial score (nSPS) is 12.9. The summed E-state index contributed by atoms with van der Waals surface area (Å²) in [5.41, 5.74) is 6.98. The molecular formula is C26H28N4O2S. The summed E-state index contributed by atoms with van der Waals surface area (Å²) in [6.07, 6.45) is 4.52. The number of thiophene rings is 1. The van der Waals surface area contributed by atoms with Gasteiger partial charge in [-0.25, -0.2) is 0 Å². The number of amides is 1. The molecule has 0 fully saturated rings. The molecule has 1 aromatic carbocycles. The quantitative estimate of drug-likeness (QED) is 0.424. The van der Waals surface area contributed by atoms with Gasteiger partial charge in [-0.05, 0) is 62.4 Å². The number of carbonyl (C=O) groups excluding carboxylic acids is 1. The summed E-state index contributed by atoms with van der Waals surface area (Å²) >= 11 is 1.69. The van der Waals surface area contributed by atoms with Crippen molar-refractivity contribution in [3.8, 4) is 38.6 Å². The van der Waals surface area contributed by atoms with Gasteiger partial charge >= 0.3 is 0 Å². The lowest BCUT2D eigenvalue weighted by Crippen LogP contribution is -2.43. The monoisotopic (exact) mass is 460 g/mol. The maximum atomic E-state index is 13.6. The number of rotatable bonds is 4. The number of nitrogens with zero attached hydrogens (tertiary/aromatic N) is 3. The Labute approximate surface area is 197 Å². The van der Waals surface area contributed by atoms with Crippen LogP contribution in [0.1, 0.15) is 36.8 Å². The Morgan fingerprint density at radius 3 is 2.67 bits per heavy atom. The molecule has 0 bridgehead atoms. The van der Waals surface area contributed by atoms with Crippen molar-refractivity contribution in [1.82, 2.24) is 19.7 Å². The predicted octanol–water partition coefficient (Wildman–Crippen LogP) is 5.71. The van der Waals surface area contributed by atoms with Crippen LogP contribution < -0.4 is 4.74 Å². The summed E-state index contributed by atoms with van der Waals surface area (Å²) in [5.74, 6) is 0.871. The van der Waals surface area contributed by atoms with E-state index in [1.54, 1.807) is 24.6 Å². The van der Waals surface area contributed by atoms with Crippen molar-refractivity contribution in [2.45, 2.75) is 39.3 Å². The maximum Gasteiger partial charge on any atom is 0.270 e. The summed E-state index contributed by atoms with van der Waals surface area (Å²) in [5, 5.41) is 9.10. The zero-order valence-corrected chi connectivity index (χ0v) is 20.4. The Bertz CT molecular complexity index is 1310. The molecule has 3 aromatic heterocycles. The van der Waals surface area contributed by atoms with Gasteiger partial charge in [0.05, 0.1) is 19.0 Å². The van der Waals surface area contributed by atoms with Gasteiger partial charge < -0.3 is 14.2 Å². The Morgan fingerprint density at radius 2 is 2.03 bits per heavy atom. The van der Waals surface area contributed by atoms with Gasteiger partial charge in [-0.3, -0.25) is 9.89 Å². The first-order chi connectivity index (χ1) is 15.8. The van der Waals surface area contributed by atoms with E-state index in [0.29, 0.717) is 0 Å². The number of benzene rings is 1. The molecule has 4 aromatic rings. The number of aromatic amines is 1. The van der Waals surface area contributed by atoms with E-state index in [0.717, 1.165) is 57.2 Å². The van der Waals surface area contributed by atoms with Crippen LogP contribution in [0.4, 0.5) is 0 Å². The molecule has 5 rings (SSSR count). The Balaban J connectivity index is 1.75. The minimum atomic E-state index is -0.265. The third kappa shape index (κ3) is 3.56. The van der Waals surface area contributed by atoms with Gasteiger partial charge in [0.2, 0.25) is 0 Å². The average Bonchev–Trinajstić information content (AvgIpc) is 3.56. The number of ether oxygens (including phenoxy) is 1. The van der Waals surface area contributed by atoms with E-state index in [4.69, 9.17) is 4.74 Å². The lowest BCUT2D eigenvalue weighted by molar-refractivity contribution is 0.0644. The second-order valence-electron chi connectivity index (χ2n) is 9.40. The zero-order chi connectivity index (χ0) is 23.3. The molecule has 33 heavy (non-hydrogen) atoms. The molecule has 6 nitrogen and oxygen atoms in total. The van der Waals surface area contributed by atoms with E-state index in [-0.39, 0.29) is 11.4 Å². The first kappa shape index (κ1) is 21.5. The van der Waals surface area contributed by atoms with Crippen LogP contribution >= 0.6 is 11.3 Å². The van der Waals surface area contributed by atoms with Crippen molar-refractivity contribution in [2.24, 2.45) is 0 Å². The number of aromatic nitrogens is 3. The first-order valence-electron chi connectivity index (χ1n) is 11.1. The van der Waals surface area contributed by atoms with Crippen LogP contribution in [0.15, 0.2) is 48.1 Å². The van der Waals surface area contributed by atoms with Crippen molar-refractivity contribution in [2.75, 3.05) is 14.2 Å². The molecule has 0 saturated carbocycles.